The molecule has 8 unspecified atom stereocenters. The van der Waals surface area contributed by atoms with Crippen molar-refractivity contribution >= 4 is 17.7 Å². The van der Waals surface area contributed by atoms with Gasteiger partial charge in [0.1, 0.15) is 18.8 Å². The third kappa shape index (κ3) is 4.00. The minimum atomic E-state index is -0.870. The van der Waals surface area contributed by atoms with Gasteiger partial charge in [-0.3, -0.25) is 14.4 Å². The average molecular weight is 512 g/mol. The van der Waals surface area contributed by atoms with Crippen LogP contribution in [0.5, 0.6) is 0 Å². The van der Waals surface area contributed by atoms with Crippen LogP contribution >= 0.6 is 0 Å². The molecule has 2 fully saturated rings. The molecule has 0 radical (unpaired) electrons. The van der Waals surface area contributed by atoms with Crippen molar-refractivity contribution in [3.05, 3.63) is 47.5 Å². The van der Waals surface area contributed by atoms with E-state index in [-0.39, 0.29) is 67.6 Å². The maximum Gasteiger partial charge on any atom is 0.316 e. The Labute approximate surface area is 217 Å². The number of rotatable bonds is 8. The predicted octanol–water partition coefficient (Wildman–Crippen LogP) is 3.85. The minimum Gasteiger partial charge on any atom is -0.472 e. The Morgan fingerprint density at radius 3 is 2.76 bits per heavy atom. The highest BCUT2D eigenvalue weighted by Gasteiger charge is 2.66. The Balaban J connectivity index is 1.57. The van der Waals surface area contributed by atoms with Gasteiger partial charge in [-0.1, -0.05) is 31.9 Å². The van der Waals surface area contributed by atoms with Gasteiger partial charge in [-0.25, -0.2) is 0 Å². The molecule has 200 valence electrons. The summed E-state index contributed by atoms with van der Waals surface area (Å²) in [6, 6.07) is 1.98. The summed E-state index contributed by atoms with van der Waals surface area (Å²) in [4.78, 5) is 38.4. The summed E-state index contributed by atoms with van der Waals surface area (Å²) >= 11 is 0. The Bertz CT molecular complexity index is 1140. The number of carbonyl (C=O) groups is 3. The van der Waals surface area contributed by atoms with Crippen LogP contribution in [0, 0.1) is 22.7 Å². The summed E-state index contributed by atoms with van der Waals surface area (Å²) in [7, 11) is 0. The first-order valence-corrected chi connectivity index (χ1v) is 13.3. The van der Waals surface area contributed by atoms with E-state index in [2.05, 4.69) is 20.8 Å². The first-order valence-electron chi connectivity index (χ1n) is 13.3. The fraction of sp³-hybridized carbons (Fsp3) is 0.621. The van der Waals surface area contributed by atoms with Crippen molar-refractivity contribution in [3.8, 4) is 0 Å². The molecule has 2 aliphatic carbocycles. The monoisotopic (exact) mass is 511 g/mol. The molecule has 2 saturated heterocycles. The van der Waals surface area contributed by atoms with Gasteiger partial charge in [0, 0.05) is 36.6 Å². The number of cyclic esters (lactones) is 1. The Hall–Kier alpha value is -2.71. The third-order valence-electron chi connectivity index (χ3n) is 9.47. The normalized spacial score (nSPS) is 37.5. The number of hydrogen-bond acceptors (Lipinski definition) is 8. The average Bonchev–Trinajstić information content (AvgIpc) is 3.62. The van der Waals surface area contributed by atoms with Gasteiger partial charge in [-0.2, -0.15) is 0 Å². The Kier molecular flexibility index (Phi) is 6.69. The van der Waals surface area contributed by atoms with Crippen LogP contribution in [0.3, 0.4) is 0 Å². The summed E-state index contributed by atoms with van der Waals surface area (Å²) in [6.45, 7) is 8.62. The maximum absolute atomic E-state index is 13.1. The Morgan fingerprint density at radius 1 is 1.30 bits per heavy atom. The SMILES string of the molecule is CCC(CC(=O)OCCN)C1(C)C2=C(C)C(c3ccoc3)CC2OC1C1OC(=O)C2(C)C=CC(=O)CC12. The van der Waals surface area contributed by atoms with E-state index in [0.29, 0.717) is 6.42 Å². The molecule has 2 aliphatic heterocycles. The van der Waals surface area contributed by atoms with E-state index in [1.54, 1.807) is 18.6 Å². The molecule has 0 amide bonds. The van der Waals surface area contributed by atoms with Gasteiger partial charge >= 0.3 is 11.9 Å². The number of allylic oxidation sites excluding steroid dienone is 2. The van der Waals surface area contributed by atoms with E-state index >= 15 is 0 Å². The first kappa shape index (κ1) is 25.9. The van der Waals surface area contributed by atoms with E-state index < -0.39 is 23.0 Å². The van der Waals surface area contributed by atoms with Crippen LogP contribution in [0.15, 0.2) is 46.3 Å². The zero-order valence-electron chi connectivity index (χ0n) is 22.0. The molecule has 0 spiro atoms. The number of esters is 2. The number of ether oxygens (including phenoxy) is 3. The van der Waals surface area contributed by atoms with Gasteiger partial charge in [0.2, 0.25) is 0 Å². The van der Waals surface area contributed by atoms with Gasteiger partial charge in [-0.15, -0.1) is 0 Å². The van der Waals surface area contributed by atoms with E-state index in [1.165, 1.54) is 17.2 Å². The number of ketones is 1. The highest BCUT2D eigenvalue weighted by molar-refractivity contribution is 5.95. The zero-order valence-corrected chi connectivity index (χ0v) is 22.0. The summed E-state index contributed by atoms with van der Waals surface area (Å²) in [6.07, 6.45) is 7.27. The van der Waals surface area contributed by atoms with Gasteiger partial charge in [0.05, 0.1) is 24.0 Å². The van der Waals surface area contributed by atoms with Crippen molar-refractivity contribution in [2.75, 3.05) is 13.2 Å². The van der Waals surface area contributed by atoms with Crippen molar-refractivity contribution in [2.45, 2.75) is 77.6 Å². The lowest BCUT2D eigenvalue weighted by Crippen LogP contribution is -2.48. The van der Waals surface area contributed by atoms with E-state index in [9.17, 15) is 14.4 Å². The lowest BCUT2D eigenvalue weighted by Gasteiger charge is -2.42. The van der Waals surface area contributed by atoms with Crippen LogP contribution in [0.2, 0.25) is 0 Å². The number of furan rings is 1. The zero-order chi connectivity index (χ0) is 26.5. The summed E-state index contributed by atoms with van der Waals surface area (Å²) in [5.74, 6) is -0.942. The fourth-order valence-corrected chi connectivity index (χ4v) is 7.43. The molecule has 8 atom stereocenters. The molecule has 8 heteroatoms. The fourth-order valence-electron chi connectivity index (χ4n) is 7.43. The highest BCUT2D eigenvalue weighted by atomic mass is 16.6. The van der Waals surface area contributed by atoms with Crippen molar-refractivity contribution in [1.82, 2.24) is 0 Å². The van der Waals surface area contributed by atoms with Crippen LogP contribution < -0.4 is 5.73 Å². The van der Waals surface area contributed by atoms with Crippen molar-refractivity contribution < 1.29 is 33.0 Å². The molecule has 0 saturated carbocycles. The topological polar surface area (TPSA) is 118 Å². The maximum atomic E-state index is 13.1. The minimum absolute atomic E-state index is 0.0153. The number of hydrogen-bond donors (Lipinski definition) is 1. The molecule has 37 heavy (non-hydrogen) atoms. The molecule has 4 aliphatic rings. The quantitative estimate of drug-likeness (QED) is 0.413. The molecule has 1 aromatic heterocycles. The molecule has 2 N–H and O–H groups in total. The summed E-state index contributed by atoms with van der Waals surface area (Å²) < 4.78 is 23.6. The summed E-state index contributed by atoms with van der Waals surface area (Å²) in [5, 5.41) is 0. The molecule has 5 rings (SSSR count). The van der Waals surface area contributed by atoms with Crippen LogP contribution in [0.4, 0.5) is 0 Å². The Morgan fingerprint density at radius 2 is 2.08 bits per heavy atom. The van der Waals surface area contributed by atoms with Gasteiger partial charge in [-0.05, 0) is 49.5 Å². The lowest BCUT2D eigenvalue weighted by atomic mass is 9.61. The van der Waals surface area contributed by atoms with E-state index in [4.69, 9.17) is 24.4 Å². The number of carbonyl (C=O) groups excluding carboxylic acids is 3. The first-order chi connectivity index (χ1) is 17.6. The lowest BCUT2D eigenvalue weighted by molar-refractivity contribution is -0.157. The molecule has 8 nitrogen and oxygen atoms in total. The van der Waals surface area contributed by atoms with Gasteiger partial charge in [0.15, 0.2) is 5.78 Å². The number of fused-ring (bicyclic) bond motifs is 2. The van der Waals surface area contributed by atoms with Gasteiger partial charge < -0.3 is 24.4 Å². The van der Waals surface area contributed by atoms with E-state index in [0.717, 1.165) is 12.0 Å². The predicted molar refractivity (Wildman–Crippen MR) is 134 cm³/mol. The number of nitrogens with two attached hydrogens (primary N) is 1. The van der Waals surface area contributed by atoms with Gasteiger partial charge in [0.25, 0.3) is 0 Å². The van der Waals surface area contributed by atoms with Crippen molar-refractivity contribution in [2.24, 2.45) is 28.4 Å². The molecule has 0 bridgehead atoms. The van der Waals surface area contributed by atoms with E-state index in [1.807, 2.05) is 13.0 Å². The molecular weight excluding hydrogens is 474 g/mol. The standard InChI is InChI=1S/C29H37NO7/c1-5-18(12-23(32)35-11-9-30)29(4)24-16(2)20(17-7-10-34-15-17)14-22(24)36-26(29)25-21-13-19(31)6-8-28(21,3)27(33)37-25/h6-8,10,15,18,20-22,25-26H,5,9,11-14,30H2,1-4H3. The second-order valence-corrected chi connectivity index (χ2v) is 11.4. The molecule has 0 aromatic carbocycles. The second kappa shape index (κ2) is 9.55. The third-order valence-corrected chi connectivity index (χ3v) is 9.47. The van der Waals surface area contributed by atoms with Crippen LogP contribution in [0.1, 0.15) is 64.9 Å². The smallest absolute Gasteiger partial charge is 0.316 e. The van der Waals surface area contributed by atoms with Crippen LogP contribution in [-0.2, 0) is 28.6 Å². The largest absolute Gasteiger partial charge is 0.472 e. The van der Waals surface area contributed by atoms with Crippen molar-refractivity contribution in [1.29, 1.82) is 0 Å². The molecule has 3 heterocycles. The molecular formula is C29H37NO7. The second-order valence-electron chi connectivity index (χ2n) is 11.4. The van der Waals surface area contributed by atoms with Crippen molar-refractivity contribution in [3.63, 3.8) is 0 Å². The van der Waals surface area contributed by atoms with Crippen LogP contribution in [-0.4, -0.2) is 49.2 Å². The summed E-state index contributed by atoms with van der Waals surface area (Å²) in [5.41, 5.74) is 7.54. The molecule has 1 aromatic rings. The highest BCUT2D eigenvalue weighted by Crippen LogP contribution is 2.62. The van der Waals surface area contributed by atoms with Crippen LogP contribution in [0.25, 0.3) is 0 Å².